The maximum Gasteiger partial charge on any atom is 0.425 e. The van der Waals surface area contributed by atoms with Crippen LogP contribution in [0.3, 0.4) is 0 Å². The maximum absolute atomic E-state index is 12.9. The minimum atomic E-state index is -0.866. The van der Waals surface area contributed by atoms with E-state index in [0.717, 1.165) is 30.6 Å². The molecule has 8 heteroatoms. The first kappa shape index (κ1) is 20.9. The number of ether oxygens (including phenoxy) is 2. The van der Waals surface area contributed by atoms with E-state index in [9.17, 15) is 9.59 Å². The lowest BCUT2D eigenvalue weighted by atomic mass is 10.2. The molecule has 0 unspecified atom stereocenters. The van der Waals surface area contributed by atoms with Gasteiger partial charge in [-0.3, -0.25) is 0 Å². The molecule has 2 aromatic heterocycles. The quantitative estimate of drug-likeness (QED) is 0.340. The van der Waals surface area contributed by atoms with Gasteiger partial charge in [-0.15, -0.1) is 0 Å². The molecule has 2 aromatic carbocycles. The van der Waals surface area contributed by atoms with E-state index in [1.165, 1.54) is 0 Å². The van der Waals surface area contributed by atoms with Gasteiger partial charge in [-0.25, -0.2) is 14.6 Å². The third kappa shape index (κ3) is 5.21. The Labute approximate surface area is 192 Å². The van der Waals surface area contributed by atoms with Crippen molar-refractivity contribution in [2.45, 2.75) is 13.2 Å². The van der Waals surface area contributed by atoms with Gasteiger partial charge in [0.25, 0.3) is 0 Å². The average Bonchev–Trinajstić information content (AvgIpc) is 3.17. The Hall–Kier alpha value is -3.40. The predicted molar refractivity (Wildman–Crippen MR) is 125 cm³/mol. The highest BCUT2D eigenvalue weighted by atomic mass is 127. The topological polar surface area (TPSA) is 84.5 Å². The zero-order valence-corrected chi connectivity index (χ0v) is 18.5. The molecule has 4 rings (SSSR count). The van der Waals surface area contributed by atoms with Gasteiger partial charge in [-0.1, -0.05) is 60.7 Å². The smallest absolute Gasteiger partial charge is 0.425 e. The van der Waals surface area contributed by atoms with Gasteiger partial charge in [0.1, 0.15) is 13.2 Å². The number of nitrogens with one attached hydrogen (secondary N) is 1. The van der Waals surface area contributed by atoms with E-state index in [0.29, 0.717) is 0 Å². The van der Waals surface area contributed by atoms with Crippen molar-refractivity contribution in [1.29, 1.82) is 0 Å². The minimum absolute atomic E-state index is 0.0186. The first-order chi connectivity index (χ1) is 15.1. The molecule has 0 bridgehead atoms. The Morgan fingerprint density at radius 3 is 1.97 bits per heavy atom. The molecule has 4 aromatic rings. The Balaban J connectivity index is 1.56. The van der Waals surface area contributed by atoms with E-state index in [4.69, 9.17) is 9.47 Å². The van der Waals surface area contributed by atoms with E-state index in [2.05, 4.69) is 32.6 Å². The molecule has 7 nitrogen and oxygen atoms in total. The van der Waals surface area contributed by atoms with Gasteiger partial charge < -0.3 is 14.5 Å². The summed E-state index contributed by atoms with van der Waals surface area (Å²) in [6.45, 7) is 0.0373. The number of carbonyl (C=O) groups excluding carboxylic acids is 2. The van der Waals surface area contributed by atoms with Crippen molar-refractivity contribution in [3.8, 4) is 0 Å². The Kier molecular flexibility index (Phi) is 6.46. The molecule has 2 amide bonds. The number of anilines is 1. The molecule has 0 saturated carbocycles. The number of aromatic nitrogens is 2. The maximum atomic E-state index is 12.9. The normalized spacial score (nSPS) is 10.6. The van der Waals surface area contributed by atoms with Crippen molar-refractivity contribution < 1.29 is 19.1 Å². The van der Waals surface area contributed by atoms with E-state index in [1.54, 1.807) is 12.3 Å². The molecule has 31 heavy (non-hydrogen) atoms. The van der Waals surface area contributed by atoms with Crippen LogP contribution in [0.25, 0.3) is 10.9 Å². The Bertz CT molecular complexity index is 1140. The third-order valence-electron chi connectivity index (χ3n) is 4.46. The largest absolute Gasteiger partial charge is 0.444 e. The second-order valence-corrected chi connectivity index (χ2v) is 7.82. The highest BCUT2D eigenvalue weighted by molar-refractivity contribution is 14.1. The van der Waals surface area contributed by atoms with Crippen molar-refractivity contribution >= 4 is 51.5 Å². The molecule has 0 aliphatic rings. The molecular weight excluding hydrogens is 509 g/mol. The van der Waals surface area contributed by atoms with Crippen LogP contribution in [0.4, 0.5) is 15.4 Å². The molecular formula is C23H18IN3O4. The fraction of sp³-hybridized carbons (Fsp3) is 0.0870. The van der Waals surface area contributed by atoms with Crippen LogP contribution in [0.2, 0.25) is 0 Å². The lowest BCUT2D eigenvalue weighted by molar-refractivity contribution is 0.127. The van der Waals surface area contributed by atoms with Crippen LogP contribution < -0.4 is 4.90 Å². The predicted octanol–water partition coefficient (Wildman–Crippen LogP) is 5.65. The molecule has 0 saturated heterocycles. The van der Waals surface area contributed by atoms with Crippen LogP contribution in [-0.4, -0.2) is 22.2 Å². The van der Waals surface area contributed by atoms with Crippen LogP contribution in [0.5, 0.6) is 0 Å². The second kappa shape index (κ2) is 9.61. The van der Waals surface area contributed by atoms with Crippen LogP contribution in [0, 0.1) is 3.70 Å². The second-order valence-electron chi connectivity index (χ2n) is 6.66. The van der Waals surface area contributed by atoms with Crippen molar-refractivity contribution in [3.63, 3.8) is 0 Å². The molecule has 0 atom stereocenters. The number of halogens is 1. The van der Waals surface area contributed by atoms with Crippen LogP contribution in [0.15, 0.2) is 79.0 Å². The average molecular weight is 527 g/mol. The standard InChI is InChI=1S/C23H18IN3O4/c24-20-11-18-13-25-21(12-19(18)26-20)27(22(28)30-14-16-7-3-1-4-8-16)23(29)31-15-17-9-5-2-6-10-17/h1-13,26H,14-15H2. The Morgan fingerprint density at radius 2 is 1.42 bits per heavy atom. The number of rotatable bonds is 5. The summed E-state index contributed by atoms with van der Waals surface area (Å²) < 4.78 is 11.7. The lowest BCUT2D eigenvalue weighted by Gasteiger charge is -2.19. The summed E-state index contributed by atoms with van der Waals surface area (Å²) >= 11 is 2.15. The highest BCUT2D eigenvalue weighted by Crippen LogP contribution is 2.22. The molecule has 0 spiro atoms. The van der Waals surface area contributed by atoms with E-state index >= 15 is 0 Å². The minimum Gasteiger partial charge on any atom is -0.444 e. The van der Waals surface area contributed by atoms with Crippen molar-refractivity contribution in [1.82, 2.24) is 9.97 Å². The summed E-state index contributed by atoms with van der Waals surface area (Å²) in [6, 6.07) is 22.0. The number of imide groups is 1. The lowest BCUT2D eigenvalue weighted by Crippen LogP contribution is -2.38. The number of aromatic amines is 1. The zero-order chi connectivity index (χ0) is 21.6. The molecule has 0 radical (unpaired) electrons. The van der Waals surface area contributed by atoms with E-state index in [1.807, 2.05) is 66.7 Å². The van der Waals surface area contributed by atoms with Crippen LogP contribution >= 0.6 is 22.6 Å². The SMILES string of the molecule is O=C(OCc1ccccc1)N(C(=O)OCc1ccccc1)c1cc2[nH]c(I)cc2cn1. The molecule has 0 aliphatic carbocycles. The molecule has 2 heterocycles. The van der Waals surface area contributed by atoms with Crippen molar-refractivity contribution in [2.75, 3.05) is 4.90 Å². The molecule has 1 N–H and O–H groups in total. The summed E-state index contributed by atoms with van der Waals surface area (Å²) in [6.07, 6.45) is -0.143. The number of fused-ring (bicyclic) bond motifs is 1. The van der Waals surface area contributed by atoms with Crippen molar-refractivity contribution in [2.24, 2.45) is 0 Å². The molecule has 0 fully saturated rings. The summed E-state index contributed by atoms with van der Waals surface area (Å²) in [4.78, 5) is 34.0. The van der Waals surface area contributed by atoms with Gasteiger partial charge in [0.2, 0.25) is 0 Å². The number of hydrogen-bond acceptors (Lipinski definition) is 5. The zero-order valence-electron chi connectivity index (χ0n) is 16.3. The van der Waals surface area contributed by atoms with Gasteiger partial charge in [-0.2, -0.15) is 4.90 Å². The Morgan fingerprint density at radius 1 is 0.871 bits per heavy atom. The number of amides is 2. The van der Waals surface area contributed by atoms with Gasteiger partial charge >= 0.3 is 12.2 Å². The number of benzene rings is 2. The summed E-state index contributed by atoms with van der Waals surface area (Å²) in [7, 11) is 0. The van der Waals surface area contributed by atoms with Crippen LogP contribution in [-0.2, 0) is 22.7 Å². The summed E-state index contributed by atoms with van der Waals surface area (Å²) in [5, 5.41) is 0.864. The molecule has 0 aliphatic heterocycles. The number of carbonyl (C=O) groups is 2. The van der Waals surface area contributed by atoms with Gasteiger partial charge in [0.15, 0.2) is 5.82 Å². The number of H-pyrrole nitrogens is 1. The van der Waals surface area contributed by atoms with E-state index in [-0.39, 0.29) is 19.0 Å². The summed E-state index contributed by atoms with van der Waals surface area (Å²) in [5.74, 6) is 0.113. The van der Waals surface area contributed by atoms with Gasteiger partial charge in [-0.05, 0) is 39.8 Å². The molecule has 156 valence electrons. The fourth-order valence-electron chi connectivity index (χ4n) is 2.93. The monoisotopic (exact) mass is 527 g/mol. The number of nitrogens with zero attached hydrogens (tertiary/aromatic N) is 2. The number of pyridine rings is 1. The third-order valence-corrected chi connectivity index (χ3v) is 5.04. The first-order valence-corrected chi connectivity index (χ1v) is 10.5. The first-order valence-electron chi connectivity index (χ1n) is 9.46. The van der Waals surface area contributed by atoms with Crippen LogP contribution in [0.1, 0.15) is 11.1 Å². The number of hydrogen-bond donors (Lipinski definition) is 1. The van der Waals surface area contributed by atoms with E-state index < -0.39 is 12.2 Å². The fourth-order valence-corrected chi connectivity index (χ4v) is 3.56. The van der Waals surface area contributed by atoms with Gasteiger partial charge in [0, 0.05) is 17.6 Å². The van der Waals surface area contributed by atoms with Crippen molar-refractivity contribution in [3.05, 3.63) is 93.8 Å². The van der Waals surface area contributed by atoms with Gasteiger partial charge in [0.05, 0.1) is 9.22 Å². The summed E-state index contributed by atoms with van der Waals surface area (Å²) in [5.41, 5.74) is 2.35. The highest BCUT2D eigenvalue weighted by Gasteiger charge is 2.28.